The molecule has 2 fully saturated rings. The van der Waals surface area contributed by atoms with Crippen molar-refractivity contribution in [2.24, 2.45) is 33.9 Å². The fourth-order valence-corrected chi connectivity index (χ4v) is 6.75. The first-order valence-electron chi connectivity index (χ1n) is 16.5. The third kappa shape index (κ3) is 11.5. The lowest BCUT2D eigenvalue weighted by atomic mass is 9.87. The molecule has 4 aromatic rings. The van der Waals surface area contributed by atoms with E-state index >= 15 is 0 Å². The Balaban J connectivity index is 0.000000196. The number of fused-ring (bicyclic) bond motifs is 2. The van der Waals surface area contributed by atoms with E-state index in [1.807, 2.05) is 26.0 Å². The second kappa shape index (κ2) is 18.4. The van der Waals surface area contributed by atoms with Gasteiger partial charge in [0.2, 0.25) is 0 Å². The van der Waals surface area contributed by atoms with Crippen molar-refractivity contribution >= 4 is 59.6 Å². The molecule has 21 heteroatoms. The molecule has 292 valence electrons. The van der Waals surface area contributed by atoms with Crippen molar-refractivity contribution in [1.29, 1.82) is 0 Å². The minimum absolute atomic E-state index is 0.173. The molecule has 2 aromatic heterocycles. The zero-order chi connectivity index (χ0) is 38.9. The summed E-state index contributed by atoms with van der Waals surface area (Å²) in [4.78, 5) is 18.9. The summed E-state index contributed by atoms with van der Waals surface area (Å²) in [6.07, 6.45) is 2.94. The van der Waals surface area contributed by atoms with Crippen LogP contribution in [0, 0.1) is 23.7 Å². The highest BCUT2D eigenvalue weighted by molar-refractivity contribution is 7.87. The van der Waals surface area contributed by atoms with Crippen LogP contribution in [-0.4, -0.2) is 104 Å². The molecule has 0 bridgehead atoms. The van der Waals surface area contributed by atoms with Gasteiger partial charge in [0.25, 0.3) is 20.4 Å². The number of ether oxygens (including phenoxy) is 4. The molecule has 18 nitrogen and oxygen atoms in total. The highest BCUT2D eigenvalue weighted by Gasteiger charge is 2.33. The Labute approximate surface area is 314 Å². The first-order valence-corrected chi connectivity index (χ1v) is 19.9. The van der Waals surface area contributed by atoms with Crippen LogP contribution >= 0.6 is 11.6 Å². The predicted octanol–water partition coefficient (Wildman–Crippen LogP) is 1.45. The zero-order valence-corrected chi connectivity index (χ0v) is 32.8. The maximum atomic E-state index is 11.0. The van der Waals surface area contributed by atoms with Gasteiger partial charge in [0.05, 0.1) is 39.5 Å². The third-order valence-corrected chi connectivity index (χ3v) is 10.5. The molecule has 2 aliphatic heterocycles. The van der Waals surface area contributed by atoms with Crippen molar-refractivity contribution in [3.05, 3.63) is 42.1 Å². The molecule has 0 radical (unpaired) electrons. The fraction of sp³-hybridized carbons (Fsp3) is 0.500. The van der Waals surface area contributed by atoms with Crippen LogP contribution < -0.4 is 48.9 Å². The lowest BCUT2D eigenvalue weighted by Gasteiger charge is -2.43. The van der Waals surface area contributed by atoms with E-state index in [1.54, 1.807) is 40.6 Å². The van der Waals surface area contributed by atoms with Crippen molar-refractivity contribution in [3.8, 4) is 23.0 Å². The van der Waals surface area contributed by atoms with Gasteiger partial charge in [-0.2, -0.15) is 16.8 Å². The highest BCUT2D eigenvalue weighted by atomic mass is 35.5. The van der Waals surface area contributed by atoms with Crippen LogP contribution in [0.15, 0.2) is 36.9 Å². The zero-order valence-electron chi connectivity index (χ0n) is 30.4. The summed E-state index contributed by atoms with van der Waals surface area (Å²) in [5, 5.41) is 14.9. The largest absolute Gasteiger partial charge is 0.493 e. The minimum atomic E-state index is -3.66. The van der Waals surface area contributed by atoms with Crippen molar-refractivity contribution in [1.82, 2.24) is 34.7 Å². The summed E-state index contributed by atoms with van der Waals surface area (Å²) >= 11 is 5.93. The molecule has 0 saturated carbocycles. The molecule has 4 heterocycles. The summed E-state index contributed by atoms with van der Waals surface area (Å²) in [5.41, 5.74) is 1.51. The van der Waals surface area contributed by atoms with E-state index < -0.39 is 20.4 Å². The summed E-state index contributed by atoms with van der Waals surface area (Å²) in [5.74, 6) is 4.78. The van der Waals surface area contributed by atoms with Gasteiger partial charge >= 0.3 is 0 Å². The Morgan fingerprint density at radius 1 is 0.736 bits per heavy atom. The molecule has 0 spiro atoms. The maximum absolute atomic E-state index is 11.0. The van der Waals surface area contributed by atoms with Crippen LogP contribution in [0.4, 0.5) is 5.82 Å². The number of anilines is 1. The van der Waals surface area contributed by atoms with E-state index in [0.29, 0.717) is 59.0 Å². The average Bonchev–Trinajstić information content (AvgIpc) is 3.07. The number of halogens is 1. The topological polar surface area (TPSA) is 248 Å². The number of methoxy groups -OCH3 is 4. The van der Waals surface area contributed by atoms with Crippen LogP contribution in [0.25, 0.3) is 21.8 Å². The lowest BCUT2D eigenvalue weighted by molar-refractivity contribution is 0.250. The van der Waals surface area contributed by atoms with Crippen molar-refractivity contribution in [2.45, 2.75) is 13.8 Å². The van der Waals surface area contributed by atoms with Gasteiger partial charge in [0.15, 0.2) is 23.0 Å². The summed E-state index contributed by atoms with van der Waals surface area (Å²) in [6.45, 7) is 8.32. The Hall–Kier alpha value is -3.89. The van der Waals surface area contributed by atoms with E-state index in [-0.39, 0.29) is 5.92 Å². The maximum Gasteiger partial charge on any atom is 0.274 e. The van der Waals surface area contributed by atoms with Gasteiger partial charge in [0, 0.05) is 49.1 Å². The van der Waals surface area contributed by atoms with Crippen LogP contribution in [0.1, 0.15) is 13.8 Å². The fourth-order valence-electron chi connectivity index (χ4n) is 5.56. The second-order valence-corrected chi connectivity index (χ2v) is 15.8. The van der Waals surface area contributed by atoms with E-state index in [4.69, 9.17) is 40.8 Å². The van der Waals surface area contributed by atoms with Crippen molar-refractivity contribution < 1.29 is 35.8 Å². The average molecular weight is 799 g/mol. The van der Waals surface area contributed by atoms with Crippen LogP contribution in [0.5, 0.6) is 23.0 Å². The van der Waals surface area contributed by atoms with Gasteiger partial charge in [-0.1, -0.05) is 25.4 Å². The Bertz CT molecular complexity index is 2070. The third-order valence-electron chi connectivity index (χ3n) is 9.06. The standard InChI is InChI=1S/C16H23N5O4S.C10H9ClN2O2.C6H15N3O2S/c1-10(6-20-26(17,22)23)11-7-21(8-11)16-12-4-14(24-2)15(25-3)5-13(12)18-9-19-16;1-14-8-3-6-7(4-9(8)15-2)12-5-13-10(6)11;1-5(6-3-8-4-6)2-9-12(7,10)11/h4-5,9-11,20H,6-8H2,1-3H3,(H2,17,22,23);3-5H,1-2H3;5-6,8-9H,2-4H2,1H3,(H2,7,10,11). The van der Waals surface area contributed by atoms with E-state index in [0.717, 1.165) is 53.8 Å². The Morgan fingerprint density at radius 3 is 1.62 bits per heavy atom. The molecule has 2 saturated heterocycles. The van der Waals surface area contributed by atoms with Crippen molar-refractivity contribution in [2.75, 3.05) is 72.6 Å². The number of benzene rings is 2. The number of nitrogens with zero attached hydrogens (tertiary/aromatic N) is 5. The summed E-state index contributed by atoms with van der Waals surface area (Å²) in [7, 11) is -0.840. The SMILES string of the molecule is CC(CNS(N)(=O)=O)C1CNC1.COc1cc2ncnc(Cl)c2cc1OC.COc1cc2ncnc(N3CC(C(C)CNS(N)(=O)=O)C3)c2cc1OC. The molecule has 7 N–H and O–H groups in total. The molecule has 6 rings (SSSR count). The summed E-state index contributed by atoms with van der Waals surface area (Å²) in [6, 6.07) is 7.23. The quantitative estimate of drug-likeness (QED) is 0.120. The second-order valence-electron chi connectivity index (χ2n) is 12.6. The number of hydrogen-bond acceptors (Lipinski definition) is 14. The normalized spacial score (nSPS) is 15.9. The van der Waals surface area contributed by atoms with Gasteiger partial charge in [0.1, 0.15) is 23.6 Å². The minimum Gasteiger partial charge on any atom is -0.493 e. The number of aromatic nitrogens is 4. The summed E-state index contributed by atoms with van der Waals surface area (Å²) < 4.78 is 68.8. The predicted molar refractivity (Wildman–Crippen MR) is 203 cm³/mol. The Morgan fingerprint density at radius 2 is 1.17 bits per heavy atom. The molecule has 2 atom stereocenters. The molecular weight excluding hydrogens is 752 g/mol. The van der Waals surface area contributed by atoms with E-state index in [2.05, 4.69) is 39.6 Å². The number of hydrogen-bond donors (Lipinski definition) is 5. The Kier molecular flexibility index (Phi) is 14.6. The smallest absolute Gasteiger partial charge is 0.274 e. The van der Waals surface area contributed by atoms with Gasteiger partial charge in [-0.3, -0.25) is 0 Å². The van der Waals surface area contributed by atoms with Crippen LogP contribution in [0.3, 0.4) is 0 Å². The molecule has 2 aromatic carbocycles. The van der Waals surface area contributed by atoms with Gasteiger partial charge in [-0.15, -0.1) is 0 Å². The molecule has 2 unspecified atom stereocenters. The number of nitrogens with one attached hydrogen (secondary N) is 3. The van der Waals surface area contributed by atoms with Crippen LogP contribution in [-0.2, 0) is 20.4 Å². The molecule has 53 heavy (non-hydrogen) atoms. The lowest BCUT2D eigenvalue weighted by Crippen LogP contribution is -2.52. The first-order chi connectivity index (χ1) is 25.1. The number of nitrogens with two attached hydrogens (primary N) is 2. The first kappa shape index (κ1) is 41.9. The number of rotatable bonds is 13. The molecular formula is C32H47ClN10O8S2. The van der Waals surface area contributed by atoms with Gasteiger partial charge in [-0.25, -0.2) is 39.7 Å². The van der Waals surface area contributed by atoms with Gasteiger partial charge < -0.3 is 29.2 Å². The monoisotopic (exact) mass is 798 g/mol. The molecule has 2 aliphatic rings. The highest BCUT2D eigenvalue weighted by Crippen LogP contribution is 2.37. The van der Waals surface area contributed by atoms with Crippen LogP contribution in [0.2, 0.25) is 5.15 Å². The van der Waals surface area contributed by atoms with Crippen molar-refractivity contribution in [3.63, 3.8) is 0 Å². The molecule has 0 amide bonds. The molecule has 0 aliphatic carbocycles. The van der Waals surface area contributed by atoms with E-state index in [1.165, 1.54) is 12.7 Å². The van der Waals surface area contributed by atoms with Gasteiger partial charge in [-0.05, 0) is 48.9 Å². The van der Waals surface area contributed by atoms with E-state index in [9.17, 15) is 16.8 Å².